The number of benzene rings is 2. The third-order valence-corrected chi connectivity index (χ3v) is 4.97. The lowest BCUT2D eigenvalue weighted by Crippen LogP contribution is -2.27. The molecule has 6 nitrogen and oxygen atoms in total. The molecule has 1 aliphatic rings. The Labute approximate surface area is 159 Å². The van der Waals surface area contributed by atoms with Gasteiger partial charge in [0, 0.05) is 24.1 Å². The van der Waals surface area contributed by atoms with Crippen LogP contribution in [0, 0.1) is 0 Å². The molecule has 0 radical (unpaired) electrons. The van der Waals surface area contributed by atoms with E-state index < -0.39 is 0 Å². The normalized spacial score (nSPS) is 15.0. The highest BCUT2D eigenvalue weighted by Gasteiger charge is 2.25. The Kier molecular flexibility index (Phi) is 5.74. The maximum absolute atomic E-state index is 12.6. The van der Waals surface area contributed by atoms with Crippen LogP contribution >= 0.6 is 0 Å². The zero-order valence-electron chi connectivity index (χ0n) is 16.1. The topological polar surface area (TPSA) is 66.0 Å². The van der Waals surface area contributed by atoms with E-state index in [0.717, 1.165) is 18.6 Å². The van der Waals surface area contributed by atoms with Crippen molar-refractivity contribution in [3.63, 3.8) is 0 Å². The maximum Gasteiger partial charge on any atom is 0.251 e. The summed E-state index contributed by atoms with van der Waals surface area (Å²) in [6, 6.07) is 9.20. The average Bonchev–Trinajstić information content (AvgIpc) is 3.11. The Morgan fingerprint density at radius 2 is 1.56 bits per heavy atom. The summed E-state index contributed by atoms with van der Waals surface area (Å²) in [5.74, 6) is 2.72. The van der Waals surface area contributed by atoms with Gasteiger partial charge in [-0.15, -0.1) is 0 Å². The largest absolute Gasteiger partial charge is 0.497 e. The van der Waals surface area contributed by atoms with Crippen molar-refractivity contribution in [2.45, 2.75) is 18.8 Å². The lowest BCUT2D eigenvalue weighted by atomic mass is 10.0. The summed E-state index contributed by atoms with van der Waals surface area (Å²) in [4.78, 5) is 12.6. The molecule has 144 valence electrons. The molecule has 2 aromatic rings. The summed E-state index contributed by atoms with van der Waals surface area (Å²) in [6.07, 6.45) is 1.94. The van der Waals surface area contributed by atoms with Crippen LogP contribution in [-0.2, 0) is 6.42 Å². The summed E-state index contributed by atoms with van der Waals surface area (Å²) in [5.41, 5.74) is 2.96. The molecule has 1 amide bonds. The summed E-state index contributed by atoms with van der Waals surface area (Å²) in [6.45, 7) is 0.556. The van der Waals surface area contributed by atoms with E-state index in [1.165, 1.54) is 11.1 Å². The van der Waals surface area contributed by atoms with Crippen molar-refractivity contribution < 1.29 is 23.7 Å². The molecule has 0 heterocycles. The highest BCUT2D eigenvalue weighted by molar-refractivity contribution is 5.95. The Hall–Kier alpha value is -2.89. The number of hydrogen-bond acceptors (Lipinski definition) is 5. The van der Waals surface area contributed by atoms with Crippen LogP contribution in [0.4, 0.5) is 0 Å². The summed E-state index contributed by atoms with van der Waals surface area (Å²) in [7, 11) is 6.40. The number of carbonyl (C=O) groups is 1. The van der Waals surface area contributed by atoms with Crippen LogP contribution in [-0.4, -0.2) is 40.9 Å². The first kappa shape index (κ1) is 18.9. The van der Waals surface area contributed by atoms with E-state index in [0.29, 0.717) is 29.4 Å². The number of methoxy groups -OCH3 is 4. The molecular formula is C21H25NO5. The van der Waals surface area contributed by atoms with Crippen LogP contribution in [0.3, 0.4) is 0 Å². The minimum absolute atomic E-state index is 0.152. The van der Waals surface area contributed by atoms with Gasteiger partial charge in [-0.2, -0.15) is 0 Å². The molecule has 0 aliphatic heterocycles. The van der Waals surface area contributed by atoms with Gasteiger partial charge in [0.05, 0.1) is 28.4 Å². The molecule has 0 saturated heterocycles. The highest BCUT2D eigenvalue weighted by Crippen LogP contribution is 2.40. The van der Waals surface area contributed by atoms with Crippen LogP contribution in [0.2, 0.25) is 0 Å². The monoisotopic (exact) mass is 371 g/mol. The van der Waals surface area contributed by atoms with Gasteiger partial charge >= 0.3 is 0 Å². The first-order chi connectivity index (χ1) is 13.1. The van der Waals surface area contributed by atoms with Crippen molar-refractivity contribution in [3.05, 3.63) is 47.0 Å². The van der Waals surface area contributed by atoms with E-state index in [4.69, 9.17) is 18.9 Å². The quantitative estimate of drug-likeness (QED) is 0.810. The van der Waals surface area contributed by atoms with Crippen molar-refractivity contribution in [3.8, 4) is 23.0 Å². The number of amides is 1. The molecule has 1 unspecified atom stereocenters. The SMILES string of the molecule is COc1cc(OC)cc(C(=O)NCC2CCc3cc(OC)c(OC)cc32)c1. The molecule has 0 aromatic heterocycles. The second-order valence-corrected chi connectivity index (χ2v) is 6.45. The Balaban J connectivity index is 1.73. The molecule has 6 heteroatoms. The number of rotatable bonds is 7. The predicted octanol–water partition coefficient (Wildman–Crippen LogP) is 3.18. The molecule has 2 aromatic carbocycles. The van der Waals surface area contributed by atoms with Gasteiger partial charge in [-0.05, 0) is 48.2 Å². The molecule has 3 rings (SSSR count). The van der Waals surface area contributed by atoms with Gasteiger partial charge in [0.15, 0.2) is 11.5 Å². The Morgan fingerprint density at radius 1 is 0.926 bits per heavy atom. The molecule has 0 fully saturated rings. The molecule has 27 heavy (non-hydrogen) atoms. The zero-order chi connectivity index (χ0) is 19.4. The van der Waals surface area contributed by atoms with E-state index in [1.54, 1.807) is 46.6 Å². The second kappa shape index (κ2) is 8.20. The van der Waals surface area contributed by atoms with Crippen molar-refractivity contribution in [2.24, 2.45) is 0 Å². The molecule has 0 spiro atoms. The van der Waals surface area contributed by atoms with Gasteiger partial charge in [0.1, 0.15) is 11.5 Å². The standard InChI is InChI=1S/C21H25NO5/c1-24-16-7-15(8-17(10-16)25-2)21(23)22-12-14-6-5-13-9-19(26-3)20(27-4)11-18(13)14/h7-11,14H,5-6,12H2,1-4H3,(H,22,23). The molecule has 1 atom stereocenters. The first-order valence-corrected chi connectivity index (χ1v) is 8.85. The van der Waals surface area contributed by atoms with Crippen molar-refractivity contribution in [2.75, 3.05) is 35.0 Å². The zero-order valence-corrected chi connectivity index (χ0v) is 16.1. The fourth-order valence-corrected chi connectivity index (χ4v) is 3.49. The van der Waals surface area contributed by atoms with Crippen LogP contribution in [0.25, 0.3) is 0 Å². The van der Waals surface area contributed by atoms with Crippen molar-refractivity contribution in [1.82, 2.24) is 5.32 Å². The first-order valence-electron chi connectivity index (χ1n) is 8.85. The van der Waals surface area contributed by atoms with Crippen LogP contribution < -0.4 is 24.3 Å². The van der Waals surface area contributed by atoms with E-state index >= 15 is 0 Å². The minimum Gasteiger partial charge on any atom is -0.497 e. The summed E-state index contributed by atoms with van der Waals surface area (Å²) < 4.78 is 21.3. The molecule has 1 N–H and O–H groups in total. The Bertz CT molecular complexity index is 811. The Morgan fingerprint density at radius 3 is 2.15 bits per heavy atom. The summed E-state index contributed by atoms with van der Waals surface area (Å²) in [5, 5.41) is 3.03. The number of ether oxygens (including phenoxy) is 4. The highest BCUT2D eigenvalue weighted by atomic mass is 16.5. The van der Waals surface area contributed by atoms with E-state index in [1.807, 2.05) is 12.1 Å². The van der Waals surface area contributed by atoms with E-state index in [2.05, 4.69) is 5.32 Å². The molecule has 0 bridgehead atoms. The fourth-order valence-electron chi connectivity index (χ4n) is 3.49. The van der Waals surface area contributed by atoms with Crippen molar-refractivity contribution >= 4 is 5.91 Å². The van der Waals surface area contributed by atoms with E-state index in [-0.39, 0.29) is 11.8 Å². The smallest absolute Gasteiger partial charge is 0.251 e. The van der Waals surface area contributed by atoms with Gasteiger partial charge in [-0.1, -0.05) is 0 Å². The van der Waals surface area contributed by atoms with Gasteiger partial charge in [-0.25, -0.2) is 0 Å². The second-order valence-electron chi connectivity index (χ2n) is 6.45. The van der Waals surface area contributed by atoms with Gasteiger partial charge in [0.2, 0.25) is 0 Å². The van der Waals surface area contributed by atoms with Crippen LogP contribution in [0.5, 0.6) is 23.0 Å². The maximum atomic E-state index is 12.6. The number of carbonyl (C=O) groups excluding carboxylic acids is 1. The summed E-state index contributed by atoms with van der Waals surface area (Å²) >= 11 is 0. The van der Waals surface area contributed by atoms with Crippen molar-refractivity contribution in [1.29, 1.82) is 0 Å². The number of nitrogens with one attached hydrogen (secondary N) is 1. The number of hydrogen-bond donors (Lipinski definition) is 1. The van der Waals surface area contributed by atoms with Gasteiger partial charge in [0.25, 0.3) is 5.91 Å². The van der Waals surface area contributed by atoms with Crippen LogP contribution in [0.1, 0.15) is 33.8 Å². The number of fused-ring (bicyclic) bond motifs is 1. The lowest BCUT2D eigenvalue weighted by Gasteiger charge is -2.16. The third kappa shape index (κ3) is 3.94. The van der Waals surface area contributed by atoms with E-state index in [9.17, 15) is 4.79 Å². The van der Waals surface area contributed by atoms with Gasteiger partial charge < -0.3 is 24.3 Å². The fraction of sp³-hybridized carbons (Fsp3) is 0.381. The minimum atomic E-state index is -0.152. The number of aryl methyl sites for hydroxylation is 1. The molecule has 1 aliphatic carbocycles. The third-order valence-electron chi connectivity index (χ3n) is 4.97. The van der Waals surface area contributed by atoms with Gasteiger partial charge in [-0.3, -0.25) is 4.79 Å². The average molecular weight is 371 g/mol. The predicted molar refractivity (Wildman–Crippen MR) is 102 cm³/mol. The van der Waals surface area contributed by atoms with Crippen LogP contribution in [0.15, 0.2) is 30.3 Å². The molecular weight excluding hydrogens is 346 g/mol. The molecule has 0 saturated carbocycles. The lowest BCUT2D eigenvalue weighted by molar-refractivity contribution is 0.0950.